The monoisotopic (exact) mass is 228 g/mol. The minimum absolute atomic E-state index is 0.0339. The summed E-state index contributed by atoms with van der Waals surface area (Å²) in [5, 5.41) is 14.7. The van der Waals surface area contributed by atoms with Crippen LogP contribution in [0.15, 0.2) is 0 Å². The molecule has 2 unspecified atom stereocenters. The number of hydrogen-bond acceptors (Lipinski definition) is 3. The van der Waals surface area contributed by atoms with E-state index in [-0.39, 0.29) is 11.9 Å². The lowest BCUT2D eigenvalue weighted by atomic mass is 10.0. The van der Waals surface area contributed by atoms with Gasteiger partial charge in [-0.15, -0.1) is 0 Å². The third kappa shape index (κ3) is 3.81. The second kappa shape index (κ2) is 6.48. The molecule has 5 nitrogen and oxygen atoms in total. The van der Waals surface area contributed by atoms with Crippen LogP contribution >= 0.6 is 0 Å². The van der Waals surface area contributed by atoms with E-state index in [1.54, 1.807) is 0 Å². The van der Waals surface area contributed by atoms with Crippen LogP contribution in [0.5, 0.6) is 0 Å². The van der Waals surface area contributed by atoms with Gasteiger partial charge in [0.15, 0.2) is 0 Å². The van der Waals surface area contributed by atoms with Gasteiger partial charge in [0.25, 0.3) is 0 Å². The van der Waals surface area contributed by atoms with Crippen molar-refractivity contribution in [2.24, 2.45) is 5.92 Å². The van der Waals surface area contributed by atoms with Gasteiger partial charge in [-0.3, -0.25) is 9.59 Å². The van der Waals surface area contributed by atoms with E-state index in [0.29, 0.717) is 12.8 Å². The molecule has 0 saturated heterocycles. The lowest BCUT2D eigenvalue weighted by Crippen LogP contribution is -2.40. The van der Waals surface area contributed by atoms with Crippen molar-refractivity contribution < 1.29 is 14.7 Å². The van der Waals surface area contributed by atoms with E-state index in [9.17, 15) is 9.59 Å². The number of carboxylic acids is 1. The van der Waals surface area contributed by atoms with Gasteiger partial charge in [-0.2, -0.15) is 0 Å². The molecule has 1 aliphatic rings. The smallest absolute Gasteiger partial charge is 0.308 e. The van der Waals surface area contributed by atoms with Crippen LogP contribution in [0, 0.1) is 5.92 Å². The van der Waals surface area contributed by atoms with Gasteiger partial charge < -0.3 is 15.7 Å². The summed E-state index contributed by atoms with van der Waals surface area (Å²) in [4.78, 5) is 22.4. The quantitative estimate of drug-likeness (QED) is 0.573. The number of rotatable bonds is 6. The van der Waals surface area contributed by atoms with E-state index in [2.05, 4.69) is 10.6 Å². The molecule has 0 heterocycles. The molecule has 1 rings (SSSR count). The van der Waals surface area contributed by atoms with Crippen molar-refractivity contribution >= 4 is 11.9 Å². The van der Waals surface area contributed by atoms with Gasteiger partial charge in [0.2, 0.25) is 5.91 Å². The molecule has 92 valence electrons. The van der Waals surface area contributed by atoms with Crippen molar-refractivity contribution in [1.29, 1.82) is 0 Å². The standard InChI is InChI=1S/C11H20N2O3/c1-12-7-3-6-10(14)13-9-5-2-4-8(9)11(15)16/h8-9,12H,2-7H2,1H3,(H,13,14)(H,15,16). The van der Waals surface area contributed by atoms with Crippen molar-refractivity contribution in [3.8, 4) is 0 Å². The molecule has 0 radical (unpaired) electrons. The Hall–Kier alpha value is -1.10. The minimum atomic E-state index is -0.793. The Morgan fingerprint density at radius 2 is 2.12 bits per heavy atom. The van der Waals surface area contributed by atoms with Crippen molar-refractivity contribution in [3.63, 3.8) is 0 Å². The fourth-order valence-electron chi connectivity index (χ4n) is 2.13. The molecule has 1 aliphatic carbocycles. The summed E-state index contributed by atoms with van der Waals surface area (Å²) in [5.41, 5.74) is 0. The lowest BCUT2D eigenvalue weighted by Gasteiger charge is -2.17. The van der Waals surface area contributed by atoms with Crippen molar-refractivity contribution in [2.75, 3.05) is 13.6 Å². The topological polar surface area (TPSA) is 78.4 Å². The van der Waals surface area contributed by atoms with E-state index in [1.165, 1.54) is 0 Å². The third-order valence-corrected chi connectivity index (χ3v) is 3.01. The van der Waals surface area contributed by atoms with Crippen molar-refractivity contribution in [1.82, 2.24) is 10.6 Å². The van der Waals surface area contributed by atoms with Crippen LogP contribution in [-0.4, -0.2) is 36.6 Å². The van der Waals surface area contributed by atoms with E-state index >= 15 is 0 Å². The highest BCUT2D eigenvalue weighted by atomic mass is 16.4. The van der Waals surface area contributed by atoms with E-state index in [1.807, 2.05) is 7.05 Å². The molecule has 1 amide bonds. The summed E-state index contributed by atoms with van der Waals surface area (Å²) in [6, 6.07) is -0.167. The summed E-state index contributed by atoms with van der Waals surface area (Å²) in [6.07, 6.45) is 3.60. The van der Waals surface area contributed by atoms with Crippen molar-refractivity contribution in [2.45, 2.75) is 38.1 Å². The van der Waals surface area contributed by atoms with Gasteiger partial charge in [0, 0.05) is 12.5 Å². The second-order valence-corrected chi connectivity index (χ2v) is 4.26. The molecule has 0 aromatic rings. The zero-order valence-corrected chi connectivity index (χ0v) is 9.66. The molecule has 3 N–H and O–H groups in total. The number of aliphatic carboxylic acids is 1. The molecular weight excluding hydrogens is 208 g/mol. The highest BCUT2D eigenvalue weighted by Crippen LogP contribution is 2.25. The van der Waals surface area contributed by atoms with Gasteiger partial charge in [-0.1, -0.05) is 6.42 Å². The minimum Gasteiger partial charge on any atom is -0.481 e. The van der Waals surface area contributed by atoms with Crippen LogP contribution in [0.2, 0.25) is 0 Å². The molecule has 0 aromatic heterocycles. The summed E-state index contributed by atoms with van der Waals surface area (Å²) in [5.74, 6) is -1.22. The number of hydrogen-bond donors (Lipinski definition) is 3. The number of amides is 1. The van der Waals surface area contributed by atoms with E-state index < -0.39 is 11.9 Å². The Labute approximate surface area is 95.6 Å². The predicted molar refractivity (Wildman–Crippen MR) is 60.1 cm³/mol. The van der Waals surface area contributed by atoms with Crippen LogP contribution in [0.4, 0.5) is 0 Å². The highest BCUT2D eigenvalue weighted by Gasteiger charge is 2.33. The first-order valence-corrected chi connectivity index (χ1v) is 5.82. The largest absolute Gasteiger partial charge is 0.481 e. The van der Waals surface area contributed by atoms with Crippen LogP contribution in [-0.2, 0) is 9.59 Å². The number of carbonyl (C=O) groups is 2. The zero-order valence-electron chi connectivity index (χ0n) is 9.66. The molecule has 1 saturated carbocycles. The Morgan fingerprint density at radius 3 is 2.75 bits per heavy atom. The van der Waals surface area contributed by atoms with E-state index in [0.717, 1.165) is 25.8 Å². The average molecular weight is 228 g/mol. The van der Waals surface area contributed by atoms with Crippen molar-refractivity contribution in [3.05, 3.63) is 0 Å². The summed E-state index contributed by atoms with van der Waals surface area (Å²) >= 11 is 0. The van der Waals surface area contributed by atoms with Crippen LogP contribution in [0.3, 0.4) is 0 Å². The van der Waals surface area contributed by atoms with Crippen LogP contribution in [0.25, 0.3) is 0 Å². The Bertz CT molecular complexity index is 256. The second-order valence-electron chi connectivity index (χ2n) is 4.26. The molecule has 0 spiro atoms. The first kappa shape index (κ1) is 13.0. The molecule has 2 atom stereocenters. The predicted octanol–water partition coefficient (Wildman–Crippen LogP) is 0.355. The average Bonchev–Trinajstić information content (AvgIpc) is 2.66. The molecule has 0 aliphatic heterocycles. The Kier molecular flexibility index (Phi) is 5.25. The Balaban J connectivity index is 2.30. The van der Waals surface area contributed by atoms with E-state index in [4.69, 9.17) is 5.11 Å². The third-order valence-electron chi connectivity index (χ3n) is 3.01. The molecule has 1 fully saturated rings. The van der Waals surface area contributed by atoms with Gasteiger partial charge in [0.05, 0.1) is 5.92 Å². The first-order chi connectivity index (χ1) is 7.65. The van der Waals surface area contributed by atoms with Crippen LogP contribution in [0.1, 0.15) is 32.1 Å². The zero-order chi connectivity index (χ0) is 12.0. The maximum absolute atomic E-state index is 11.5. The normalized spacial score (nSPS) is 24.3. The fourth-order valence-corrected chi connectivity index (χ4v) is 2.13. The van der Waals surface area contributed by atoms with Crippen LogP contribution < -0.4 is 10.6 Å². The lowest BCUT2D eigenvalue weighted by molar-refractivity contribution is -0.142. The maximum Gasteiger partial charge on any atom is 0.308 e. The SMILES string of the molecule is CNCCCC(=O)NC1CCCC1C(=O)O. The van der Waals surface area contributed by atoms with Gasteiger partial charge in [-0.05, 0) is 32.9 Å². The van der Waals surface area contributed by atoms with Gasteiger partial charge >= 0.3 is 5.97 Å². The number of carbonyl (C=O) groups excluding carboxylic acids is 1. The number of carboxylic acid groups (broad SMARTS) is 1. The first-order valence-electron chi connectivity index (χ1n) is 5.82. The van der Waals surface area contributed by atoms with Gasteiger partial charge in [0.1, 0.15) is 0 Å². The summed E-state index contributed by atoms with van der Waals surface area (Å²) in [7, 11) is 1.84. The van der Waals surface area contributed by atoms with Gasteiger partial charge in [-0.25, -0.2) is 0 Å². The summed E-state index contributed by atoms with van der Waals surface area (Å²) < 4.78 is 0. The highest BCUT2D eigenvalue weighted by molar-refractivity contribution is 5.78. The summed E-state index contributed by atoms with van der Waals surface area (Å²) in [6.45, 7) is 0.806. The number of nitrogens with one attached hydrogen (secondary N) is 2. The Morgan fingerprint density at radius 1 is 1.38 bits per heavy atom. The molecular formula is C11H20N2O3. The fraction of sp³-hybridized carbons (Fsp3) is 0.818. The maximum atomic E-state index is 11.5. The molecule has 5 heteroatoms. The molecule has 0 bridgehead atoms. The molecule has 16 heavy (non-hydrogen) atoms. The molecule has 0 aromatic carbocycles.